The summed E-state index contributed by atoms with van der Waals surface area (Å²) >= 11 is 0. The molecule has 0 heterocycles. The monoisotopic (exact) mass is 152 g/mol. The Balaban J connectivity index is 2.80. The largest absolute Gasteiger partial charge is 0.295 e. The van der Waals surface area contributed by atoms with Crippen LogP contribution in [-0.4, -0.2) is 5.78 Å². The molecule has 0 saturated carbocycles. The molecule has 2 atom stereocenters. The van der Waals surface area contributed by atoms with E-state index in [-0.39, 0.29) is 5.92 Å². The summed E-state index contributed by atoms with van der Waals surface area (Å²) in [6, 6.07) is 0. The average Bonchev–Trinajstić information content (AvgIpc) is 2.07. The van der Waals surface area contributed by atoms with Crippen molar-refractivity contribution in [3.8, 4) is 0 Å². The van der Waals surface area contributed by atoms with Gasteiger partial charge in [0, 0.05) is 5.92 Å². The number of rotatable bonds is 1. The minimum atomic E-state index is 0.245. The molecule has 0 aromatic rings. The summed E-state index contributed by atoms with van der Waals surface area (Å²) in [5, 5.41) is 0. The maximum absolute atomic E-state index is 11.4. The number of ketones is 1. The maximum Gasteiger partial charge on any atom is 0.159 e. The first kappa shape index (κ1) is 8.51. The van der Waals surface area contributed by atoms with Gasteiger partial charge in [-0.2, -0.15) is 0 Å². The van der Waals surface area contributed by atoms with Crippen LogP contribution in [0.2, 0.25) is 0 Å². The molecule has 0 aliphatic heterocycles. The van der Waals surface area contributed by atoms with Gasteiger partial charge in [0.1, 0.15) is 0 Å². The van der Waals surface area contributed by atoms with E-state index in [1.165, 1.54) is 5.57 Å². The zero-order chi connectivity index (χ0) is 8.59. The van der Waals surface area contributed by atoms with Crippen LogP contribution in [0.25, 0.3) is 0 Å². The Kier molecular flexibility index (Phi) is 2.17. The minimum Gasteiger partial charge on any atom is -0.295 e. The molecule has 2 unspecified atom stereocenters. The predicted molar refractivity (Wildman–Crippen MR) is 46.3 cm³/mol. The van der Waals surface area contributed by atoms with Gasteiger partial charge in [0.05, 0.1) is 0 Å². The average molecular weight is 152 g/mol. The lowest BCUT2D eigenvalue weighted by Crippen LogP contribution is -2.20. The van der Waals surface area contributed by atoms with Crippen molar-refractivity contribution < 1.29 is 4.79 Å². The Labute approximate surface area is 68.5 Å². The zero-order valence-electron chi connectivity index (χ0n) is 7.72. The molecule has 0 aromatic heterocycles. The summed E-state index contributed by atoms with van der Waals surface area (Å²) in [6.45, 7) is 8.42. The van der Waals surface area contributed by atoms with Crippen molar-refractivity contribution in [2.75, 3.05) is 0 Å². The van der Waals surface area contributed by atoms with Gasteiger partial charge in [0.25, 0.3) is 0 Å². The van der Waals surface area contributed by atoms with Crippen LogP contribution in [0.3, 0.4) is 0 Å². The van der Waals surface area contributed by atoms with Crippen LogP contribution in [0.1, 0.15) is 27.7 Å². The van der Waals surface area contributed by atoms with Crippen LogP contribution in [0.5, 0.6) is 0 Å². The second-order valence-electron chi connectivity index (χ2n) is 3.85. The molecule has 1 nitrogen and oxygen atoms in total. The van der Waals surface area contributed by atoms with E-state index in [2.05, 4.69) is 20.8 Å². The highest BCUT2D eigenvalue weighted by Gasteiger charge is 2.32. The summed E-state index contributed by atoms with van der Waals surface area (Å²) in [4.78, 5) is 11.4. The SMILES string of the molecule is CC1=CC(=O)C(C(C)C)C1C. The molecule has 0 radical (unpaired) electrons. The van der Waals surface area contributed by atoms with Crippen molar-refractivity contribution in [2.45, 2.75) is 27.7 Å². The highest BCUT2D eigenvalue weighted by atomic mass is 16.1. The van der Waals surface area contributed by atoms with Crippen molar-refractivity contribution in [1.29, 1.82) is 0 Å². The van der Waals surface area contributed by atoms with Gasteiger partial charge in [0.15, 0.2) is 5.78 Å². The van der Waals surface area contributed by atoms with Gasteiger partial charge in [-0.25, -0.2) is 0 Å². The molecule has 11 heavy (non-hydrogen) atoms. The molecule has 1 rings (SSSR count). The molecule has 0 fully saturated rings. The molecule has 1 aliphatic rings. The lowest BCUT2D eigenvalue weighted by atomic mass is 9.84. The van der Waals surface area contributed by atoms with Gasteiger partial charge in [-0.15, -0.1) is 0 Å². The van der Waals surface area contributed by atoms with Crippen LogP contribution in [0.4, 0.5) is 0 Å². The molecule has 0 bridgehead atoms. The Hall–Kier alpha value is -0.590. The van der Waals surface area contributed by atoms with E-state index in [9.17, 15) is 4.79 Å². The second-order valence-corrected chi connectivity index (χ2v) is 3.85. The van der Waals surface area contributed by atoms with E-state index in [4.69, 9.17) is 0 Å². The number of hydrogen-bond acceptors (Lipinski definition) is 1. The van der Waals surface area contributed by atoms with Gasteiger partial charge in [-0.1, -0.05) is 26.3 Å². The highest BCUT2D eigenvalue weighted by molar-refractivity contribution is 5.95. The molecule has 1 heteroatoms. The first-order chi connectivity index (χ1) is 5.04. The topological polar surface area (TPSA) is 17.1 Å². The molecule has 1 aliphatic carbocycles. The number of allylic oxidation sites excluding steroid dienone is 2. The second kappa shape index (κ2) is 2.80. The van der Waals surface area contributed by atoms with Crippen LogP contribution in [0, 0.1) is 17.8 Å². The highest BCUT2D eigenvalue weighted by Crippen LogP contribution is 2.33. The predicted octanol–water partition coefficient (Wildman–Crippen LogP) is 2.42. The Bertz CT molecular complexity index is 201. The third-order valence-electron chi connectivity index (χ3n) is 2.67. The van der Waals surface area contributed by atoms with E-state index >= 15 is 0 Å². The quantitative estimate of drug-likeness (QED) is 0.564. The molecular formula is C10H16O. The lowest BCUT2D eigenvalue weighted by Gasteiger charge is -2.19. The van der Waals surface area contributed by atoms with E-state index < -0.39 is 0 Å². The smallest absolute Gasteiger partial charge is 0.159 e. The van der Waals surface area contributed by atoms with Crippen molar-refractivity contribution in [2.24, 2.45) is 17.8 Å². The lowest BCUT2D eigenvalue weighted by molar-refractivity contribution is -0.119. The zero-order valence-corrected chi connectivity index (χ0v) is 7.72. The van der Waals surface area contributed by atoms with Crippen LogP contribution in [-0.2, 0) is 4.79 Å². The van der Waals surface area contributed by atoms with Gasteiger partial charge < -0.3 is 0 Å². The van der Waals surface area contributed by atoms with Crippen LogP contribution in [0.15, 0.2) is 11.6 Å². The van der Waals surface area contributed by atoms with Crippen molar-refractivity contribution in [3.05, 3.63) is 11.6 Å². The number of carbonyl (C=O) groups excluding carboxylic acids is 1. The fourth-order valence-corrected chi connectivity index (χ4v) is 1.89. The third kappa shape index (κ3) is 1.37. The van der Waals surface area contributed by atoms with E-state index in [1.807, 2.05) is 6.92 Å². The number of carbonyl (C=O) groups is 1. The van der Waals surface area contributed by atoms with Gasteiger partial charge in [-0.3, -0.25) is 4.79 Å². The fraction of sp³-hybridized carbons (Fsp3) is 0.700. The normalized spacial score (nSPS) is 31.4. The fourth-order valence-electron chi connectivity index (χ4n) is 1.89. The Morgan fingerprint density at radius 1 is 1.45 bits per heavy atom. The van der Waals surface area contributed by atoms with Gasteiger partial charge in [-0.05, 0) is 24.8 Å². The number of hydrogen-bond donors (Lipinski definition) is 0. The Morgan fingerprint density at radius 3 is 2.18 bits per heavy atom. The molecule has 0 spiro atoms. The summed E-state index contributed by atoms with van der Waals surface area (Å²) in [5.74, 6) is 1.51. The van der Waals surface area contributed by atoms with Crippen molar-refractivity contribution >= 4 is 5.78 Å². The standard InChI is InChI=1S/C10H16O/c1-6(2)10-8(4)7(3)5-9(10)11/h5-6,8,10H,1-4H3. The molecule has 0 saturated heterocycles. The van der Waals surface area contributed by atoms with Crippen molar-refractivity contribution in [1.82, 2.24) is 0 Å². The summed E-state index contributed by atoms with van der Waals surface area (Å²) in [5.41, 5.74) is 1.24. The molecular weight excluding hydrogens is 136 g/mol. The summed E-state index contributed by atoms with van der Waals surface area (Å²) in [7, 11) is 0. The molecule has 0 amide bonds. The van der Waals surface area contributed by atoms with Crippen molar-refractivity contribution in [3.63, 3.8) is 0 Å². The summed E-state index contributed by atoms with van der Waals surface area (Å²) in [6.07, 6.45) is 1.80. The van der Waals surface area contributed by atoms with Crippen LogP contribution < -0.4 is 0 Å². The summed E-state index contributed by atoms with van der Waals surface area (Å²) < 4.78 is 0. The molecule has 0 aromatic carbocycles. The molecule has 0 N–H and O–H groups in total. The van der Waals surface area contributed by atoms with Crippen LogP contribution >= 0.6 is 0 Å². The Morgan fingerprint density at radius 2 is 2.00 bits per heavy atom. The first-order valence-corrected chi connectivity index (χ1v) is 4.26. The maximum atomic E-state index is 11.4. The first-order valence-electron chi connectivity index (χ1n) is 4.26. The van der Waals surface area contributed by atoms with Gasteiger partial charge in [0.2, 0.25) is 0 Å². The van der Waals surface area contributed by atoms with E-state index in [0.29, 0.717) is 17.6 Å². The minimum absolute atomic E-state index is 0.245. The van der Waals surface area contributed by atoms with E-state index in [0.717, 1.165) is 0 Å². The van der Waals surface area contributed by atoms with E-state index in [1.54, 1.807) is 6.08 Å². The third-order valence-corrected chi connectivity index (χ3v) is 2.67. The van der Waals surface area contributed by atoms with Gasteiger partial charge >= 0.3 is 0 Å². The molecule has 62 valence electrons.